The van der Waals surface area contributed by atoms with Crippen molar-refractivity contribution in [2.24, 2.45) is 21.0 Å². The molecule has 0 unspecified atom stereocenters. The van der Waals surface area contributed by atoms with Gasteiger partial charge in [-0.05, 0) is 36.4 Å². The van der Waals surface area contributed by atoms with E-state index in [1.54, 1.807) is 24.3 Å². The lowest BCUT2D eigenvalue weighted by Crippen LogP contribution is -2.31. The Morgan fingerprint density at radius 1 is 1.04 bits per heavy atom. The predicted octanol–water partition coefficient (Wildman–Crippen LogP) is 2.91. The van der Waals surface area contributed by atoms with Crippen molar-refractivity contribution in [3.63, 3.8) is 0 Å². The average molecular weight is 328 g/mol. The van der Waals surface area contributed by atoms with E-state index in [0.29, 0.717) is 22.2 Å². The first-order chi connectivity index (χ1) is 11.2. The number of ether oxygens (including phenoxy) is 1. The molecule has 0 fully saturated rings. The van der Waals surface area contributed by atoms with Gasteiger partial charge in [0.15, 0.2) is 11.5 Å². The lowest BCUT2D eigenvalue weighted by Gasteiger charge is -2.07. The summed E-state index contributed by atoms with van der Waals surface area (Å²) in [6.07, 6.45) is 0. The van der Waals surface area contributed by atoms with Gasteiger partial charge in [-0.15, -0.1) is 10.2 Å². The number of rotatable bonds is 5. The first-order valence-electron chi connectivity index (χ1n) is 6.90. The van der Waals surface area contributed by atoms with Gasteiger partial charge in [-0.3, -0.25) is 5.43 Å². The molecule has 0 radical (unpaired) electrons. The molecule has 0 bridgehead atoms. The highest BCUT2D eigenvalue weighted by atomic mass is 35.5. The van der Waals surface area contributed by atoms with Crippen molar-refractivity contribution in [2.75, 3.05) is 12.0 Å². The van der Waals surface area contributed by atoms with E-state index in [1.165, 1.54) is 0 Å². The van der Waals surface area contributed by atoms with Crippen molar-refractivity contribution in [3.05, 3.63) is 59.6 Å². The first-order valence-corrected chi connectivity index (χ1v) is 7.28. The van der Waals surface area contributed by atoms with Crippen LogP contribution in [-0.2, 0) is 0 Å². The second-order valence-corrected chi connectivity index (χ2v) is 5.15. The minimum Gasteiger partial charge on any atom is -0.487 e. The number of amidine groups is 1. The second kappa shape index (κ2) is 6.93. The van der Waals surface area contributed by atoms with Crippen molar-refractivity contribution >= 4 is 34.5 Å². The molecule has 0 saturated heterocycles. The molecule has 1 heterocycles. The number of hydrogen-bond acceptors (Lipinski definition) is 6. The van der Waals surface area contributed by atoms with E-state index >= 15 is 0 Å². The normalized spacial score (nSPS) is 15.3. The summed E-state index contributed by atoms with van der Waals surface area (Å²) in [6, 6.07) is 16.6. The average Bonchev–Trinajstić information content (AvgIpc) is 2.93. The van der Waals surface area contributed by atoms with E-state index in [0.717, 1.165) is 5.69 Å². The lowest BCUT2D eigenvalue weighted by atomic mass is 10.2. The van der Waals surface area contributed by atoms with Crippen LogP contribution < -0.4 is 15.9 Å². The molecule has 23 heavy (non-hydrogen) atoms. The summed E-state index contributed by atoms with van der Waals surface area (Å²) in [5, 5.41) is 12.8. The maximum absolute atomic E-state index is 5.84. The number of nitrogens with two attached hydrogens (primary N) is 1. The Labute approximate surface area is 138 Å². The summed E-state index contributed by atoms with van der Waals surface area (Å²) in [4.78, 5) is 0. The molecule has 0 amide bonds. The van der Waals surface area contributed by atoms with Crippen LogP contribution in [0.5, 0.6) is 5.75 Å². The van der Waals surface area contributed by atoms with Crippen LogP contribution in [0.3, 0.4) is 0 Å². The van der Waals surface area contributed by atoms with Gasteiger partial charge in [0.2, 0.25) is 0 Å². The Balaban J connectivity index is 1.66. The van der Waals surface area contributed by atoms with E-state index in [-0.39, 0.29) is 12.4 Å². The quantitative estimate of drug-likeness (QED) is 0.828. The molecule has 7 heteroatoms. The minimum absolute atomic E-state index is 0.209. The van der Waals surface area contributed by atoms with Crippen molar-refractivity contribution in [2.45, 2.75) is 0 Å². The third kappa shape index (κ3) is 3.87. The molecule has 1 aliphatic heterocycles. The standard InChI is InChI=1S/C16H14ClN5O/c17-11-6-8-13(9-7-11)23-10-14-15(16(18)22-20-14)21-19-12-4-2-1-3-5-12/h1-9,19H,10H2,(H2,18,21,22). The van der Waals surface area contributed by atoms with Gasteiger partial charge in [-0.2, -0.15) is 5.10 Å². The van der Waals surface area contributed by atoms with E-state index < -0.39 is 0 Å². The fraction of sp³-hybridized carbons (Fsp3) is 0.0625. The Kier molecular flexibility index (Phi) is 4.54. The van der Waals surface area contributed by atoms with Gasteiger partial charge in [0, 0.05) is 5.02 Å². The SMILES string of the molecule is NC1=NN=C(COc2ccc(Cl)cc2)/C1=N\Nc1ccccc1. The zero-order valence-corrected chi connectivity index (χ0v) is 12.9. The van der Waals surface area contributed by atoms with Crippen LogP contribution in [0.15, 0.2) is 69.9 Å². The molecule has 0 saturated carbocycles. The molecular formula is C16H14ClN5O. The summed E-state index contributed by atoms with van der Waals surface area (Å²) < 4.78 is 5.65. The maximum atomic E-state index is 5.84. The zero-order chi connectivity index (χ0) is 16.1. The molecule has 6 nitrogen and oxygen atoms in total. The van der Waals surface area contributed by atoms with E-state index in [2.05, 4.69) is 20.7 Å². The van der Waals surface area contributed by atoms with Crippen LogP contribution in [0.1, 0.15) is 0 Å². The molecule has 1 aliphatic rings. The van der Waals surface area contributed by atoms with Gasteiger partial charge in [0.25, 0.3) is 0 Å². The number of nitrogens with one attached hydrogen (secondary N) is 1. The van der Waals surface area contributed by atoms with Gasteiger partial charge < -0.3 is 10.5 Å². The maximum Gasteiger partial charge on any atom is 0.175 e. The molecule has 2 aromatic carbocycles. The number of benzene rings is 2. The van der Waals surface area contributed by atoms with Gasteiger partial charge >= 0.3 is 0 Å². The van der Waals surface area contributed by atoms with Gasteiger partial charge in [0.05, 0.1) is 5.69 Å². The Hall–Kier alpha value is -2.86. The summed E-state index contributed by atoms with van der Waals surface area (Å²) in [5.74, 6) is 0.932. The molecule has 0 aromatic heterocycles. The molecule has 3 rings (SSSR count). The summed E-state index contributed by atoms with van der Waals surface area (Å²) in [6.45, 7) is 0.209. The van der Waals surface area contributed by atoms with Crippen molar-refractivity contribution in [1.82, 2.24) is 0 Å². The number of hydrogen-bond donors (Lipinski definition) is 2. The number of hydrazone groups is 1. The molecular weight excluding hydrogens is 314 g/mol. The highest BCUT2D eigenvalue weighted by Crippen LogP contribution is 2.16. The Bertz CT molecular complexity index is 769. The molecule has 3 N–H and O–H groups in total. The van der Waals surface area contributed by atoms with Crippen LogP contribution in [0.25, 0.3) is 0 Å². The Morgan fingerprint density at radius 3 is 2.52 bits per heavy atom. The molecule has 2 aromatic rings. The number of halogens is 1. The summed E-state index contributed by atoms with van der Waals surface area (Å²) in [7, 11) is 0. The van der Waals surface area contributed by atoms with Gasteiger partial charge in [0.1, 0.15) is 18.1 Å². The fourth-order valence-electron chi connectivity index (χ4n) is 1.89. The first kappa shape index (κ1) is 15.1. The van der Waals surface area contributed by atoms with Crippen LogP contribution in [0.4, 0.5) is 5.69 Å². The summed E-state index contributed by atoms with van der Waals surface area (Å²) >= 11 is 5.84. The highest BCUT2D eigenvalue weighted by molar-refractivity contribution is 6.69. The largest absolute Gasteiger partial charge is 0.487 e. The third-order valence-corrected chi connectivity index (χ3v) is 3.31. The van der Waals surface area contributed by atoms with Gasteiger partial charge in [-0.1, -0.05) is 29.8 Å². The van der Waals surface area contributed by atoms with Gasteiger partial charge in [-0.25, -0.2) is 0 Å². The molecule has 0 atom stereocenters. The smallest absolute Gasteiger partial charge is 0.175 e. The highest BCUT2D eigenvalue weighted by Gasteiger charge is 2.20. The molecule has 116 valence electrons. The Morgan fingerprint density at radius 2 is 1.78 bits per heavy atom. The number of nitrogens with zero attached hydrogens (tertiary/aromatic N) is 3. The van der Waals surface area contributed by atoms with Crippen LogP contribution >= 0.6 is 11.6 Å². The minimum atomic E-state index is 0.209. The summed E-state index contributed by atoms with van der Waals surface area (Å²) in [5.41, 5.74) is 10.6. The van der Waals surface area contributed by atoms with E-state index in [9.17, 15) is 0 Å². The zero-order valence-electron chi connectivity index (χ0n) is 12.1. The van der Waals surface area contributed by atoms with Crippen molar-refractivity contribution < 1.29 is 4.74 Å². The third-order valence-electron chi connectivity index (χ3n) is 3.05. The van der Waals surface area contributed by atoms with Crippen molar-refractivity contribution in [1.29, 1.82) is 0 Å². The van der Waals surface area contributed by atoms with Crippen LogP contribution in [-0.4, -0.2) is 23.9 Å². The second-order valence-electron chi connectivity index (χ2n) is 4.71. The van der Waals surface area contributed by atoms with Crippen LogP contribution in [0.2, 0.25) is 5.02 Å². The number of anilines is 1. The van der Waals surface area contributed by atoms with Crippen molar-refractivity contribution in [3.8, 4) is 5.75 Å². The van der Waals surface area contributed by atoms with E-state index in [4.69, 9.17) is 22.1 Å². The lowest BCUT2D eigenvalue weighted by molar-refractivity contribution is 0.378. The topological polar surface area (TPSA) is 84.4 Å². The fourth-order valence-corrected chi connectivity index (χ4v) is 2.02. The molecule has 0 spiro atoms. The number of para-hydroxylation sites is 1. The van der Waals surface area contributed by atoms with E-state index in [1.807, 2.05) is 30.3 Å². The molecule has 0 aliphatic carbocycles. The van der Waals surface area contributed by atoms with Crippen LogP contribution in [0, 0.1) is 0 Å². The monoisotopic (exact) mass is 327 g/mol. The predicted molar refractivity (Wildman–Crippen MR) is 93.5 cm³/mol.